The van der Waals surface area contributed by atoms with Gasteiger partial charge in [0.25, 0.3) is 11.8 Å². The molecule has 2 N–H and O–H groups in total. The number of benzene rings is 2. The normalized spacial score (nSPS) is 13.6. The third-order valence-corrected chi connectivity index (χ3v) is 5.11. The van der Waals surface area contributed by atoms with Crippen LogP contribution in [0.2, 0.25) is 0 Å². The van der Waals surface area contributed by atoms with Crippen LogP contribution < -0.4 is 15.4 Å². The fourth-order valence-corrected chi connectivity index (χ4v) is 3.35. The summed E-state index contributed by atoms with van der Waals surface area (Å²) in [7, 11) is 0. The number of nitrogens with zero attached hydrogens (tertiary/aromatic N) is 3. The van der Waals surface area contributed by atoms with Crippen molar-refractivity contribution >= 4 is 51.2 Å². The van der Waals surface area contributed by atoms with E-state index in [1.54, 1.807) is 28.9 Å². The lowest BCUT2D eigenvalue weighted by molar-refractivity contribution is -0.123. The fraction of sp³-hybridized carbons (Fsp3) is 0.0952. The van der Waals surface area contributed by atoms with Crippen molar-refractivity contribution in [2.24, 2.45) is 0 Å². The molecule has 0 saturated carbocycles. The molecule has 156 valence electrons. The summed E-state index contributed by atoms with van der Waals surface area (Å²) in [6.07, 6.45) is 3.28. The van der Waals surface area contributed by atoms with Crippen LogP contribution in [0.1, 0.15) is 16.8 Å². The van der Waals surface area contributed by atoms with E-state index in [0.29, 0.717) is 23.6 Å². The van der Waals surface area contributed by atoms with Crippen LogP contribution in [0.15, 0.2) is 64.8 Å². The highest BCUT2D eigenvalue weighted by molar-refractivity contribution is 9.10. The van der Waals surface area contributed by atoms with Gasteiger partial charge in [0.2, 0.25) is 0 Å². The number of carbonyl (C=O) groups is 2. The van der Waals surface area contributed by atoms with Crippen molar-refractivity contribution in [1.29, 1.82) is 0 Å². The Morgan fingerprint density at radius 2 is 1.77 bits per heavy atom. The van der Waals surface area contributed by atoms with Crippen LogP contribution in [0.4, 0.5) is 0 Å². The number of aromatic nitrogens is 3. The standard InChI is InChI=1S/C21H16BrN5O3S/c22-15-7-5-13(6-8-15)10-27-11-16(25-26-27)12-30-18-4-2-1-3-14(18)9-17-19(28)23-21(31)24-20(17)29/h1-9,11H,10,12H2,(H2,23,24,28,29,31). The Balaban J connectivity index is 1.45. The zero-order valence-electron chi connectivity index (χ0n) is 16.0. The van der Waals surface area contributed by atoms with E-state index >= 15 is 0 Å². The number of carbonyl (C=O) groups excluding carboxylic acids is 2. The fourth-order valence-electron chi connectivity index (χ4n) is 2.90. The lowest BCUT2D eigenvalue weighted by Crippen LogP contribution is -2.51. The number of hydrogen-bond acceptors (Lipinski definition) is 6. The summed E-state index contributed by atoms with van der Waals surface area (Å²) in [6, 6.07) is 15.1. The molecular formula is C21H16BrN5O3S. The zero-order chi connectivity index (χ0) is 21.8. The summed E-state index contributed by atoms with van der Waals surface area (Å²) in [5, 5.41) is 13.1. The molecule has 2 amide bonds. The van der Waals surface area contributed by atoms with E-state index in [2.05, 4.69) is 36.9 Å². The summed E-state index contributed by atoms with van der Waals surface area (Å²) < 4.78 is 8.63. The Bertz CT molecular complexity index is 1170. The summed E-state index contributed by atoms with van der Waals surface area (Å²) in [4.78, 5) is 24.2. The Hall–Kier alpha value is -3.37. The number of rotatable bonds is 6. The number of para-hydroxylation sites is 1. The molecule has 0 radical (unpaired) electrons. The number of hydrogen-bond donors (Lipinski definition) is 2. The van der Waals surface area contributed by atoms with Crippen LogP contribution in [0, 0.1) is 0 Å². The second-order valence-corrected chi connectivity index (χ2v) is 7.98. The van der Waals surface area contributed by atoms with E-state index in [4.69, 9.17) is 17.0 Å². The molecule has 1 saturated heterocycles. The Labute approximate surface area is 191 Å². The molecule has 1 aromatic heterocycles. The molecule has 1 aliphatic rings. The van der Waals surface area contributed by atoms with Gasteiger partial charge in [-0.1, -0.05) is 51.5 Å². The molecule has 0 aliphatic carbocycles. The summed E-state index contributed by atoms with van der Waals surface area (Å²) >= 11 is 8.23. The minimum Gasteiger partial charge on any atom is -0.487 e. The van der Waals surface area contributed by atoms with E-state index in [-0.39, 0.29) is 17.3 Å². The maximum absolute atomic E-state index is 12.1. The van der Waals surface area contributed by atoms with Crippen LogP contribution >= 0.6 is 28.1 Å². The number of ether oxygens (including phenoxy) is 1. The third-order valence-electron chi connectivity index (χ3n) is 4.38. The van der Waals surface area contributed by atoms with Gasteiger partial charge in [-0.2, -0.15) is 0 Å². The molecule has 4 rings (SSSR count). The van der Waals surface area contributed by atoms with Crippen molar-refractivity contribution in [3.05, 3.63) is 81.6 Å². The lowest BCUT2D eigenvalue weighted by atomic mass is 10.1. The number of halogens is 1. The van der Waals surface area contributed by atoms with Gasteiger partial charge in [0.15, 0.2) is 5.11 Å². The summed E-state index contributed by atoms with van der Waals surface area (Å²) in [6.45, 7) is 0.776. The van der Waals surface area contributed by atoms with Crippen LogP contribution in [0.5, 0.6) is 5.75 Å². The van der Waals surface area contributed by atoms with E-state index in [1.165, 1.54) is 6.08 Å². The first-order chi connectivity index (χ1) is 15.0. The van der Waals surface area contributed by atoms with Crippen LogP contribution in [0.3, 0.4) is 0 Å². The van der Waals surface area contributed by atoms with E-state index < -0.39 is 11.8 Å². The van der Waals surface area contributed by atoms with Crippen molar-refractivity contribution in [3.8, 4) is 5.75 Å². The van der Waals surface area contributed by atoms with Gasteiger partial charge in [-0.15, -0.1) is 5.10 Å². The minimum atomic E-state index is -0.556. The van der Waals surface area contributed by atoms with E-state index in [9.17, 15) is 9.59 Å². The predicted molar refractivity (Wildman–Crippen MR) is 121 cm³/mol. The van der Waals surface area contributed by atoms with Crippen molar-refractivity contribution in [3.63, 3.8) is 0 Å². The first kappa shape index (κ1) is 20.9. The maximum Gasteiger partial charge on any atom is 0.263 e. The molecule has 0 unspecified atom stereocenters. The third kappa shape index (κ3) is 5.22. The van der Waals surface area contributed by atoms with Crippen molar-refractivity contribution < 1.29 is 14.3 Å². The molecule has 2 heterocycles. The maximum atomic E-state index is 12.1. The second kappa shape index (κ2) is 9.19. The first-order valence-electron chi connectivity index (χ1n) is 9.21. The second-order valence-electron chi connectivity index (χ2n) is 6.66. The van der Waals surface area contributed by atoms with Crippen molar-refractivity contribution in [1.82, 2.24) is 25.6 Å². The molecule has 2 aromatic carbocycles. The Morgan fingerprint density at radius 3 is 2.52 bits per heavy atom. The lowest BCUT2D eigenvalue weighted by Gasteiger charge is -2.16. The van der Waals surface area contributed by atoms with Crippen LogP contribution in [-0.4, -0.2) is 31.9 Å². The molecule has 1 fully saturated rings. The minimum absolute atomic E-state index is 0.0112. The number of nitrogens with one attached hydrogen (secondary N) is 2. The van der Waals surface area contributed by atoms with Crippen LogP contribution in [-0.2, 0) is 22.7 Å². The van der Waals surface area contributed by atoms with Gasteiger partial charge in [0.1, 0.15) is 23.6 Å². The molecule has 0 atom stereocenters. The SMILES string of the molecule is O=C1NC(=S)NC(=O)C1=Cc1ccccc1OCc1cn(Cc2ccc(Br)cc2)nn1. The molecule has 0 spiro atoms. The van der Waals surface area contributed by atoms with Gasteiger partial charge in [0.05, 0.1) is 12.7 Å². The molecule has 1 aliphatic heterocycles. The van der Waals surface area contributed by atoms with Gasteiger partial charge in [-0.05, 0) is 42.1 Å². The summed E-state index contributed by atoms with van der Waals surface area (Å²) in [5.41, 5.74) is 2.28. The summed E-state index contributed by atoms with van der Waals surface area (Å²) in [5.74, 6) is -0.606. The average Bonchev–Trinajstić information content (AvgIpc) is 3.19. The van der Waals surface area contributed by atoms with Gasteiger partial charge in [-0.25, -0.2) is 4.68 Å². The highest BCUT2D eigenvalue weighted by Gasteiger charge is 2.26. The predicted octanol–water partition coefficient (Wildman–Crippen LogP) is 2.58. The topological polar surface area (TPSA) is 98.1 Å². The van der Waals surface area contributed by atoms with E-state index in [0.717, 1.165) is 10.0 Å². The molecule has 10 heteroatoms. The Morgan fingerprint density at radius 1 is 1.06 bits per heavy atom. The Kier molecular flexibility index (Phi) is 6.19. The average molecular weight is 498 g/mol. The highest BCUT2D eigenvalue weighted by atomic mass is 79.9. The van der Waals surface area contributed by atoms with Gasteiger partial charge in [-0.3, -0.25) is 20.2 Å². The largest absolute Gasteiger partial charge is 0.487 e. The van der Waals surface area contributed by atoms with Gasteiger partial charge < -0.3 is 4.74 Å². The molecular weight excluding hydrogens is 482 g/mol. The van der Waals surface area contributed by atoms with Gasteiger partial charge in [0, 0.05) is 10.0 Å². The van der Waals surface area contributed by atoms with Crippen molar-refractivity contribution in [2.45, 2.75) is 13.2 Å². The smallest absolute Gasteiger partial charge is 0.263 e. The molecule has 8 nitrogen and oxygen atoms in total. The molecule has 31 heavy (non-hydrogen) atoms. The zero-order valence-corrected chi connectivity index (χ0v) is 18.4. The number of thiocarbonyl (C=S) groups is 1. The molecule has 3 aromatic rings. The quantitative estimate of drug-likeness (QED) is 0.308. The first-order valence-corrected chi connectivity index (χ1v) is 10.4. The van der Waals surface area contributed by atoms with E-state index in [1.807, 2.05) is 30.5 Å². The number of amides is 2. The van der Waals surface area contributed by atoms with Crippen LogP contribution in [0.25, 0.3) is 6.08 Å². The van der Waals surface area contributed by atoms with Gasteiger partial charge >= 0.3 is 0 Å². The molecule has 0 bridgehead atoms. The highest BCUT2D eigenvalue weighted by Crippen LogP contribution is 2.22. The monoisotopic (exact) mass is 497 g/mol. The van der Waals surface area contributed by atoms with Crippen molar-refractivity contribution in [2.75, 3.05) is 0 Å².